The van der Waals surface area contributed by atoms with E-state index in [0.717, 1.165) is 28.5 Å². The average molecular weight is 273 g/mol. The maximum Gasteiger partial charge on any atom is 0.159 e. The highest BCUT2D eigenvalue weighted by molar-refractivity contribution is 5.61. The summed E-state index contributed by atoms with van der Waals surface area (Å²) in [6, 6.07) is 7.60. The lowest BCUT2D eigenvalue weighted by atomic mass is 10.1. The fraction of sp³-hybridized carbons (Fsp3) is 0.333. The third kappa shape index (κ3) is 3.24. The fourth-order valence-corrected chi connectivity index (χ4v) is 1.97. The van der Waals surface area contributed by atoms with Gasteiger partial charge in [-0.05, 0) is 32.2 Å². The molecule has 0 fully saturated rings. The molecule has 2 aromatic rings. The predicted octanol–water partition coefficient (Wildman–Crippen LogP) is 2.19. The zero-order chi connectivity index (χ0) is 14.5. The van der Waals surface area contributed by atoms with Crippen molar-refractivity contribution in [2.45, 2.75) is 13.5 Å². The van der Waals surface area contributed by atoms with E-state index in [-0.39, 0.29) is 0 Å². The fourth-order valence-electron chi connectivity index (χ4n) is 1.97. The summed E-state index contributed by atoms with van der Waals surface area (Å²) in [5, 5.41) is 3.10. The summed E-state index contributed by atoms with van der Waals surface area (Å²) in [4.78, 5) is 9.05. The molecule has 1 aromatic carbocycles. The molecule has 2 rings (SSSR count). The highest BCUT2D eigenvalue weighted by Gasteiger charge is 2.08. The van der Waals surface area contributed by atoms with Gasteiger partial charge in [0.2, 0.25) is 0 Å². The molecule has 5 heteroatoms. The number of rotatable bonds is 5. The molecule has 1 heterocycles. The van der Waals surface area contributed by atoms with Crippen molar-refractivity contribution in [1.29, 1.82) is 0 Å². The second-order valence-corrected chi connectivity index (χ2v) is 4.46. The van der Waals surface area contributed by atoms with Crippen LogP contribution in [0, 0.1) is 6.92 Å². The molecule has 0 aliphatic carbocycles. The highest BCUT2D eigenvalue weighted by Crippen LogP contribution is 2.28. The van der Waals surface area contributed by atoms with Crippen molar-refractivity contribution in [3.63, 3.8) is 0 Å². The first-order valence-electron chi connectivity index (χ1n) is 6.39. The largest absolute Gasteiger partial charge is 0.497 e. The molecular weight excluding hydrogens is 254 g/mol. The number of nitrogens with zero attached hydrogens (tertiary/aromatic N) is 2. The van der Waals surface area contributed by atoms with Crippen LogP contribution in [-0.2, 0) is 6.54 Å². The predicted molar refractivity (Wildman–Crippen MR) is 78.1 cm³/mol. The summed E-state index contributed by atoms with van der Waals surface area (Å²) in [6.45, 7) is 2.67. The van der Waals surface area contributed by atoms with Crippen molar-refractivity contribution < 1.29 is 9.47 Å². The van der Waals surface area contributed by atoms with E-state index in [9.17, 15) is 0 Å². The minimum Gasteiger partial charge on any atom is -0.497 e. The van der Waals surface area contributed by atoms with Gasteiger partial charge < -0.3 is 14.8 Å². The molecule has 0 unspecified atom stereocenters. The lowest BCUT2D eigenvalue weighted by Gasteiger charge is -2.09. The summed E-state index contributed by atoms with van der Waals surface area (Å²) < 4.78 is 10.6. The zero-order valence-electron chi connectivity index (χ0n) is 12.2. The first-order chi connectivity index (χ1) is 9.66. The lowest BCUT2D eigenvalue weighted by Crippen LogP contribution is -2.08. The SMILES string of the molecule is CNCc1cc(C)nc(-c2cc(OC)cc(OC)c2)n1. The molecule has 0 saturated carbocycles. The van der Waals surface area contributed by atoms with Gasteiger partial charge in [-0.1, -0.05) is 0 Å². The molecule has 5 nitrogen and oxygen atoms in total. The maximum atomic E-state index is 5.28. The van der Waals surface area contributed by atoms with Crippen molar-refractivity contribution in [2.24, 2.45) is 0 Å². The third-order valence-corrected chi connectivity index (χ3v) is 2.87. The number of methoxy groups -OCH3 is 2. The molecule has 0 spiro atoms. The van der Waals surface area contributed by atoms with E-state index in [4.69, 9.17) is 9.47 Å². The van der Waals surface area contributed by atoms with Crippen LogP contribution in [0.25, 0.3) is 11.4 Å². The van der Waals surface area contributed by atoms with E-state index >= 15 is 0 Å². The topological polar surface area (TPSA) is 56.3 Å². The van der Waals surface area contributed by atoms with Crippen LogP contribution >= 0.6 is 0 Å². The van der Waals surface area contributed by atoms with Crippen molar-refractivity contribution in [3.05, 3.63) is 35.7 Å². The number of aryl methyl sites for hydroxylation is 1. The van der Waals surface area contributed by atoms with E-state index in [1.165, 1.54) is 0 Å². The quantitative estimate of drug-likeness (QED) is 0.905. The molecular formula is C15H19N3O2. The Kier molecular flexibility index (Phi) is 4.53. The Bertz CT molecular complexity index is 577. The monoisotopic (exact) mass is 273 g/mol. The van der Waals surface area contributed by atoms with Crippen LogP contribution in [0.5, 0.6) is 11.5 Å². The number of ether oxygens (including phenoxy) is 2. The number of nitrogens with one attached hydrogen (secondary N) is 1. The Hall–Kier alpha value is -2.14. The van der Waals surface area contributed by atoms with Gasteiger partial charge >= 0.3 is 0 Å². The van der Waals surface area contributed by atoms with Crippen molar-refractivity contribution in [3.8, 4) is 22.9 Å². The van der Waals surface area contributed by atoms with Crippen LogP contribution in [0.1, 0.15) is 11.4 Å². The summed E-state index contributed by atoms with van der Waals surface area (Å²) in [5.74, 6) is 2.12. The second kappa shape index (κ2) is 6.34. The number of hydrogen-bond donors (Lipinski definition) is 1. The van der Waals surface area contributed by atoms with Crippen molar-refractivity contribution in [1.82, 2.24) is 15.3 Å². The van der Waals surface area contributed by atoms with Gasteiger partial charge in [-0.25, -0.2) is 9.97 Å². The number of hydrogen-bond acceptors (Lipinski definition) is 5. The summed E-state index contributed by atoms with van der Waals surface area (Å²) >= 11 is 0. The number of benzene rings is 1. The molecule has 106 valence electrons. The normalized spacial score (nSPS) is 10.4. The Balaban J connectivity index is 2.49. The molecule has 20 heavy (non-hydrogen) atoms. The molecule has 0 amide bonds. The summed E-state index contributed by atoms with van der Waals surface area (Å²) in [7, 11) is 5.15. The van der Waals surface area contributed by atoms with E-state index in [0.29, 0.717) is 12.4 Å². The van der Waals surface area contributed by atoms with E-state index in [1.807, 2.05) is 38.2 Å². The van der Waals surface area contributed by atoms with Gasteiger partial charge in [0.05, 0.1) is 19.9 Å². The first-order valence-corrected chi connectivity index (χ1v) is 6.39. The van der Waals surface area contributed by atoms with Crippen LogP contribution in [0.2, 0.25) is 0 Å². The standard InChI is InChI=1S/C15H19N3O2/c1-10-5-12(9-16-2)18-15(17-10)11-6-13(19-3)8-14(7-11)20-4/h5-8,16H,9H2,1-4H3. The lowest BCUT2D eigenvalue weighted by molar-refractivity contribution is 0.394. The first kappa shape index (κ1) is 14.3. The van der Waals surface area contributed by atoms with Gasteiger partial charge in [0.1, 0.15) is 11.5 Å². The number of aromatic nitrogens is 2. The molecule has 0 aliphatic heterocycles. The van der Waals surface area contributed by atoms with Crippen LogP contribution in [0.15, 0.2) is 24.3 Å². The molecule has 1 N–H and O–H groups in total. The van der Waals surface area contributed by atoms with Crippen LogP contribution in [0.3, 0.4) is 0 Å². The van der Waals surface area contributed by atoms with Crippen molar-refractivity contribution in [2.75, 3.05) is 21.3 Å². The maximum absolute atomic E-state index is 5.28. The van der Waals surface area contributed by atoms with E-state index in [1.54, 1.807) is 14.2 Å². The third-order valence-electron chi connectivity index (χ3n) is 2.87. The Labute approximate surface area is 119 Å². The van der Waals surface area contributed by atoms with E-state index < -0.39 is 0 Å². The van der Waals surface area contributed by atoms with E-state index in [2.05, 4.69) is 15.3 Å². The van der Waals surface area contributed by atoms with Gasteiger partial charge in [0.25, 0.3) is 0 Å². The minimum absolute atomic E-state index is 0.674. The van der Waals surface area contributed by atoms with Crippen LogP contribution < -0.4 is 14.8 Å². The van der Waals surface area contributed by atoms with Gasteiger partial charge in [-0.2, -0.15) is 0 Å². The molecule has 0 saturated heterocycles. The molecule has 1 aromatic heterocycles. The van der Waals surface area contributed by atoms with Crippen LogP contribution in [-0.4, -0.2) is 31.2 Å². The second-order valence-electron chi connectivity index (χ2n) is 4.46. The highest BCUT2D eigenvalue weighted by atomic mass is 16.5. The van der Waals surface area contributed by atoms with Gasteiger partial charge in [-0.3, -0.25) is 0 Å². The zero-order valence-corrected chi connectivity index (χ0v) is 12.2. The smallest absolute Gasteiger partial charge is 0.159 e. The molecule has 0 bridgehead atoms. The molecule has 0 atom stereocenters. The Morgan fingerprint density at radius 2 is 1.65 bits per heavy atom. The molecule has 0 aliphatic rings. The van der Waals surface area contributed by atoms with Crippen LogP contribution in [0.4, 0.5) is 0 Å². The molecule has 0 radical (unpaired) electrons. The van der Waals surface area contributed by atoms with Gasteiger partial charge in [0, 0.05) is 23.9 Å². The van der Waals surface area contributed by atoms with Gasteiger partial charge in [0.15, 0.2) is 5.82 Å². The summed E-state index contributed by atoms with van der Waals surface area (Å²) in [5.41, 5.74) is 2.76. The minimum atomic E-state index is 0.674. The Morgan fingerprint density at radius 1 is 1.00 bits per heavy atom. The Morgan fingerprint density at radius 3 is 2.20 bits per heavy atom. The van der Waals surface area contributed by atoms with Crippen molar-refractivity contribution >= 4 is 0 Å². The average Bonchev–Trinajstić information content (AvgIpc) is 2.46. The summed E-state index contributed by atoms with van der Waals surface area (Å²) in [6.07, 6.45) is 0. The van der Waals surface area contributed by atoms with Gasteiger partial charge in [-0.15, -0.1) is 0 Å².